The number of nitrogens with zero attached hydrogens (tertiary/aromatic N) is 3. The monoisotopic (exact) mass is 414 g/mol. The molecule has 3 atom stereocenters. The van der Waals surface area contributed by atoms with Crippen LogP contribution in [-0.2, 0) is 4.79 Å². The molecule has 1 spiro atoms. The molecule has 1 N–H and O–H groups in total. The minimum Gasteiger partial charge on any atom is -0.367 e. The molecule has 158 valence electrons. The maximum atomic E-state index is 15.8. The van der Waals surface area contributed by atoms with E-state index >= 15 is 4.39 Å². The summed E-state index contributed by atoms with van der Waals surface area (Å²) in [5.41, 5.74) is -2.07. The summed E-state index contributed by atoms with van der Waals surface area (Å²) in [6.45, 7) is 3.38. The van der Waals surface area contributed by atoms with Crippen LogP contribution in [0, 0.1) is 18.2 Å². The van der Waals surface area contributed by atoms with Gasteiger partial charge in [0, 0.05) is 30.9 Å². The van der Waals surface area contributed by atoms with Gasteiger partial charge in [-0.25, -0.2) is 18.7 Å². The van der Waals surface area contributed by atoms with Gasteiger partial charge in [0.1, 0.15) is 28.8 Å². The molecule has 8 heteroatoms. The first-order valence-corrected chi connectivity index (χ1v) is 10.0. The number of aromatic nitrogens is 2. The van der Waals surface area contributed by atoms with Gasteiger partial charge in [-0.1, -0.05) is 0 Å². The lowest BCUT2D eigenvalue weighted by atomic mass is 9.64. The lowest BCUT2D eigenvalue weighted by Crippen LogP contribution is -2.55. The third kappa shape index (κ3) is 3.55. The van der Waals surface area contributed by atoms with Gasteiger partial charge in [0.15, 0.2) is 0 Å². The van der Waals surface area contributed by atoms with Crippen molar-refractivity contribution in [2.45, 2.75) is 44.8 Å². The molecule has 4 rings (SSSR count). The van der Waals surface area contributed by atoms with Crippen molar-refractivity contribution >= 4 is 17.4 Å². The Bertz CT molecular complexity index is 979. The third-order valence-corrected chi connectivity index (χ3v) is 6.33. The van der Waals surface area contributed by atoms with E-state index in [1.807, 2.05) is 0 Å². The highest BCUT2D eigenvalue weighted by Gasteiger charge is 2.62. The average Bonchev–Trinajstić information content (AvgIpc) is 2.96. The molecule has 30 heavy (non-hydrogen) atoms. The molecule has 2 heterocycles. The summed E-state index contributed by atoms with van der Waals surface area (Å²) in [5, 5.41) is 2.92. The second-order valence-electron chi connectivity index (χ2n) is 8.44. The molecule has 1 saturated carbocycles. The van der Waals surface area contributed by atoms with Gasteiger partial charge >= 0.3 is 0 Å². The highest BCUT2D eigenvalue weighted by molar-refractivity contribution is 5.93. The lowest BCUT2D eigenvalue weighted by molar-refractivity contribution is -0.138. The van der Waals surface area contributed by atoms with Crippen LogP contribution in [-0.4, -0.2) is 46.5 Å². The van der Waals surface area contributed by atoms with Crippen LogP contribution in [0.2, 0.25) is 0 Å². The van der Waals surface area contributed by atoms with Gasteiger partial charge in [-0.2, -0.15) is 0 Å². The van der Waals surface area contributed by atoms with Crippen LogP contribution in [0.3, 0.4) is 0 Å². The molecule has 0 bridgehead atoms. The Morgan fingerprint density at radius 1 is 1.23 bits per heavy atom. The van der Waals surface area contributed by atoms with Crippen LogP contribution < -0.4 is 10.2 Å². The van der Waals surface area contributed by atoms with E-state index < -0.39 is 11.1 Å². The number of rotatable bonds is 3. The zero-order valence-electron chi connectivity index (χ0n) is 17.0. The van der Waals surface area contributed by atoms with E-state index in [0.29, 0.717) is 17.9 Å². The average molecular weight is 414 g/mol. The van der Waals surface area contributed by atoms with Crippen LogP contribution in [0.15, 0.2) is 36.5 Å². The fraction of sp³-hybridized carbons (Fsp3) is 0.455. The largest absolute Gasteiger partial charge is 0.367 e. The van der Waals surface area contributed by atoms with Crippen LogP contribution in [0.1, 0.15) is 42.5 Å². The number of hydrogen-bond acceptors (Lipinski definition) is 5. The smallest absolute Gasteiger partial charge is 0.270 e. The third-order valence-electron chi connectivity index (χ3n) is 6.33. The highest BCUT2D eigenvalue weighted by Crippen LogP contribution is 2.50. The maximum Gasteiger partial charge on any atom is 0.270 e. The van der Waals surface area contributed by atoms with Gasteiger partial charge in [0.25, 0.3) is 5.91 Å². The minimum atomic E-state index is -1.77. The predicted octanol–water partition coefficient (Wildman–Crippen LogP) is 3.01. The van der Waals surface area contributed by atoms with Gasteiger partial charge in [-0.3, -0.25) is 9.59 Å². The first kappa shape index (κ1) is 20.4. The quantitative estimate of drug-likeness (QED) is 0.836. The Hall–Kier alpha value is -2.90. The number of nitrogens with one attached hydrogen (secondary N) is 1. The molecule has 3 unspecified atom stereocenters. The van der Waals surface area contributed by atoms with E-state index in [0.717, 1.165) is 0 Å². The van der Waals surface area contributed by atoms with Gasteiger partial charge in [0.05, 0.1) is 12.0 Å². The van der Waals surface area contributed by atoms with E-state index in [1.165, 1.54) is 31.3 Å². The Balaban J connectivity index is 1.55. The topological polar surface area (TPSA) is 75.2 Å². The summed E-state index contributed by atoms with van der Waals surface area (Å²) < 4.78 is 29.1. The number of aryl methyl sites for hydroxylation is 1. The summed E-state index contributed by atoms with van der Waals surface area (Å²) >= 11 is 0. The number of anilines is 1. The van der Waals surface area contributed by atoms with Crippen molar-refractivity contribution < 1.29 is 18.4 Å². The number of hydrogen-bond donors (Lipinski definition) is 1. The van der Waals surface area contributed by atoms with E-state index in [2.05, 4.69) is 15.3 Å². The van der Waals surface area contributed by atoms with Crippen LogP contribution in [0.5, 0.6) is 0 Å². The van der Waals surface area contributed by atoms with E-state index in [-0.39, 0.29) is 55.2 Å². The SMILES string of the molecule is Cc1nccc(C(=O)NC2CCC(=O)C3(C2)CN(c2ccc(F)cc2)CC3(C)F)n1. The van der Waals surface area contributed by atoms with Crippen molar-refractivity contribution in [1.29, 1.82) is 0 Å². The number of Topliss-reactive ketones (excluding diaryl/α,β-unsaturated/α-hetero) is 1. The number of carbonyl (C=O) groups is 2. The van der Waals surface area contributed by atoms with Gasteiger partial charge in [-0.15, -0.1) is 0 Å². The molecule has 2 aromatic rings. The number of alkyl halides is 1. The van der Waals surface area contributed by atoms with Crippen molar-refractivity contribution in [2.75, 3.05) is 18.0 Å². The Morgan fingerprint density at radius 2 is 1.97 bits per heavy atom. The number of benzene rings is 1. The molecule has 2 aliphatic rings. The van der Waals surface area contributed by atoms with E-state index in [1.54, 1.807) is 24.0 Å². The van der Waals surface area contributed by atoms with Crippen molar-refractivity contribution in [1.82, 2.24) is 15.3 Å². The molecule has 6 nitrogen and oxygen atoms in total. The molecule has 1 aromatic carbocycles. The minimum absolute atomic E-state index is 0.0378. The first-order chi connectivity index (χ1) is 14.2. The molecule has 1 aromatic heterocycles. The summed E-state index contributed by atoms with van der Waals surface area (Å²) in [4.78, 5) is 35.5. The van der Waals surface area contributed by atoms with Crippen molar-refractivity contribution in [3.05, 3.63) is 53.9 Å². The fourth-order valence-electron chi connectivity index (χ4n) is 4.69. The predicted molar refractivity (Wildman–Crippen MR) is 107 cm³/mol. The normalized spacial score (nSPS) is 28.7. The molecular weight excluding hydrogens is 390 g/mol. The Labute approximate surface area is 173 Å². The summed E-state index contributed by atoms with van der Waals surface area (Å²) in [6.07, 6.45) is 2.39. The number of amides is 1. The van der Waals surface area contributed by atoms with Gasteiger partial charge < -0.3 is 10.2 Å². The molecule has 1 aliphatic heterocycles. The van der Waals surface area contributed by atoms with Crippen molar-refractivity contribution in [2.24, 2.45) is 5.41 Å². The second kappa shape index (κ2) is 7.41. The molecule has 0 radical (unpaired) electrons. The van der Waals surface area contributed by atoms with Crippen molar-refractivity contribution in [3.8, 4) is 0 Å². The zero-order valence-corrected chi connectivity index (χ0v) is 17.0. The maximum absolute atomic E-state index is 15.8. The van der Waals surface area contributed by atoms with Gasteiger partial charge in [-0.05, 0) is 57.0 Å². The Kier molecular flexibility index (Phi) is 5.03. The lowest BCUT2D eigenvalue weighted by Gasteiger charge is -2.42. The number of halogens is 2. The molecule has 1 aliphatic carbocycles. The first-order valence-electron chi connectivity index (χ1n) is 10.0. The summed E-state index contributed by atoms with van der Waals surface area (Å²) in [5.74, 6) is -0.364. The summed E-state index contributed by atoms with van der Waals surface area (Å²) in [7, 11) is 0. The number of carbonyl (C=O) groups excluding carboxylic acids is 2. The Morgan fingerprint density at radius 3 is 2.67 bits per heavy atom. The fourth-order valence-corrected chi connectivity index (χ4v) is 4.69. The summed E-state index contributed by atoms with van der Waals surface area (Å²) in [6, 6.07) is 7.02. The zero-order chi connectivity index (χ0) is 21.5. The van der Waals surface area contributed by atoms with Crippen molar-refractivity contribution in [3.63, 3.8) is 0 Å². The van der Waals surface area contributed by atoms with Crippen LogP contribution >= 0.6 is 0 Å². The molecule has 1 saturated heterocycles. The molecular formula is C22H24F2N4O2. The van der Waals surface area contributed by atoms with Gasteiger partial charge in [0.2, 0.25) is 0 Å². The van der Waals surface area contributed by atoms with E-state index in [4.69, 9.17) is 0 Å². The molecule has 1 amide bonds. The number of ketones is 1. The second-order valence-corrected chi connectivity index (χ2v) is 8.44. The highest BCUT2D eigenvalue weighted by atomic mass is 19.1. The van der Waals surface area contributed by atoms with E-state index in [9.17, 15) is 14.0 Å². The molecule has 2 fully saturated rings. The van der Waals surface area contributed by atoms with Crippen LogP contribution in [0.4, 0.5) is 14.5 Å². The standard InChI is InChI=1S/C22H24F2N4O2/c1-14-25-10-9-18(26-14)20(30)27-16-5-8-19(29)22(11-16)13-28(12-21(22,2)24)17-6-3-15(23)4-7-17/h3-4,6-7,9-10,16H,5,8,11-13H2,1-2H3,(H,27,30). The van der Waals surface area contributed by atoms with Crippen LogP contribution in [0.25, 0.3) is 0 Å².